The zero-order valence-corrected chi connectivity index (χ0v) is 18.1. The van der Waals surface area contributed by atoms with Gasteiger partial charge in [0.05, 0.1) is 34.3 Å². The first kappa shape index (κ1) is 20.2. The molecule has 0 saturated carbocycles. The number of halogens is 1. The van der Waals surface area contributed by atoms with Gasteiger partial charge in [0.25, 0.3) is 11.1 Å². The number of pyridine rings is 1. The Kier molecular flexibility index (Phi) is 5.52. The molecule has 4 heterocycles. The van der Waals surface area contributed by atoms with Gasteiger partial charge in [0, 0.05) is 24.6 Å². The molecule has 0 bridgehead atoms. The summed E-state index contributed by atoms with van der Waals surface area (Å²) < 4.78 is 8.86. The highest BCUT2D eigenvalue weighted by Crippen LogP contribution is 2.23. The SMILES string of the molecule is O=c1c2ccccc2nc(SCc2cc(=O)n3cc(Cl)ccc3n2)n1CC1CCCO1. The predicted molar refractivity (Wildman–Crippen MR) is 121 cm³/mol. The van der Waals surface area contributed by atoms with Crippen LogP contribution >= 0.6 is 23.4 Å². The number of hydrogen-bond donors (Lipinski definition) is 0. The number of hydrogen-bond acceptors (Lipinski definition) is 6. The first-order valence-corrected chi connectivity index (χ1v) is 11.4. The quantitative estimate of drug-likeness (QED) is 0.339. The molecule has 1 fully saturated rings. The highest BCUT2D eigenvalue weighted by molar-refractivity contribution is 7.98. The molecule has 0 spiro atoms. The topological polar surface area (TPSA) is 78.5 Å². The van der Waals surface area contributed by atoms with E-state index in [0.717, 1.165) is 19.4 Å². The van der Waals surface area contributed by atoms with Gasteiger partial charge in [0.15, 0.2) is 5.16 Å². The smallest absolute Gasteiger partial charge is 0.262 e. The summed E-state index contributed by atoms with van der Waals surface area (Å²) >= 11 is 7.37. The fourth-order valence-electron chi connectivity index (χ4n) is 3.75. The Morgan fingerprint density at radius 2 is 2.03 bits per heavy atom. The lowest BCUT2D eigenvalue weighted by molar-refractivity contribution is 0.0937. The molecule has 7 nitrogen and oxygen atoms in total. The van der Waals surface area contributed by atoms with Crippen LogP contribution in [0.15, 0.2) is 63.4 Å². The van der Waals surface area contributed by atoms with Crippen molar-refractivity contribution in [3.8, 4) is 0 Å². The van der Waals surface area contributed by atoms with Gasteiger partial charge >= 0.3 is 0 Å². The van der Waals surface area contributed by atoms with Crippen LogP contribution in [0.5, 0.6) is 0 Å². The maximum absolute atomic E-state index is 13.2. The second-order valence-corrected chi connectivity index (χ2v) is 8.79. The molecule has 9 heteroatoms. The van der Waals surface area contributed by atoms with Crippen LogP contribution in [0.4, 0.5) is 0 Å². The molecule has 31 heavy (non-hydrogen) atoms. The second kappa shape index (κ2) is 8.45. The Labute approximate surface area is 186 Å². The van der Waals surface area contributed by atoms with E-state index >= 15 is 0 Å². The molecule has 158 valence electrons. The summed E-state index contributed by atoms with van der Waals surface area (Å²) in [6, 6.07) is 12.2. The van der Waals surface area contributed by atoms with Gasteiger partial charge in [-0.25, -0.2) is 9.97 Å². The van der Waals surface area contributed by atoms with E-state index in [-0.39, 0.29) is 17.2 Å². The van der Waals surface area contributed by atoms with Crippen LogP contribution in [-0.2, 0) is 17.0 Å². The lowest BCUT2D eigenvalue weighted by Gasteiger charge is -2.16. The number of rotatable bonds is 5. The first-order chi connectivity index (χ1) is 15.1. The Morgan fingerprint density at radius 3 is 2.87 bits per heavy atom. The van der Waals surface area contributed by atoms with E-state index < -0.39 is 0 Å². The molecular weight excluding hydrogens is 436 g/mol. The summed E-state index contributed by atoms with van der Waals surface area (Å²) in [5, 5.41) is 1.65. The number of fused-ring (bicyclic) bond motifs is 2. The van der Waals surface area contributed by atoms with Gasteiger partial charge in [-0.2, -0.15) is 0 Å². The lowest BCUT2D eigenvalue weighted by atomic mass is 10.2. The molecule has 3 aromatic heterocycles. The Hall–Kier alpha value is -2.68. The molecule has 0 radical (unpaired) electrons. The van der Waals surface area contributed by atoms with E-state index in [1.807, 2.05) is 18.2 Å². The molecular formula is C22H19ClN4O3S. The van der Waals surface area contributed by atoms with Crippen molar-refractivity contribution in [2.24, 2.45) is 0 Å². The van der Waals surface area contributed by atoms with Crippen LogP contribution in [0, 0.1) is 0 Å². The minimum absolute atomic E-state index is 0.00759. The highest BCUT2D eigenvalue weighted by Gasteiger charge is 2.20. The summed E-state index contributed by atoms with van der Waals surface area (Å²) in [4.78, 5) is 34.9. The average molecular weight is 455 g/mol. The fourth-order valence-corrected chi connectivity index (χ4v) is 4.81. The number of benzene rings is 1. The van der Waals surface area contributed by atoms with Crippen molar-refractivity contribution in [3.05, 3.63) is 80.1 Å². The van der Waals surface area contributed by atoms with Crippen LogP contribution in [0.2, 0.25) is 5.02 Å². The molecule has 4 aromatic rings. The predicted octanol–water partition coefficient (Wildman–Crippen LogP) is 3.53. The van der Waals surface area contributed by atoms with Gasteiger partial charge in [-0.05, 0) is 37.1 Å². The second-order valence-electron chi connectivity index (χ2n) is 7.41. The summed E-state index contributed by atoms with van der Waals surface area (Å²) in [7, 11) is 0. The zero-order valence-electron chi connectivity index (χ0n) is 16.5. The average Bonchev–Trinajstić information content (AvgIpc) is 3.28. The van der Waals surface area contributed by atoms with Crippen molar-refractivity contribution in [2.75, 3.05) is 6.61 Å². The van der Waals surface area contributed by atoms with E-state index in [0.29, 0.717) is 44.7 Å². The van der Waals surface area contributed by atoms with Crippen molar-refractivity contribution in [1.82, 2.24) is 18.9 Å². The largest absolute Gasteiger partial charge is 0.376 e. The van der Waals surface area contributed by atoms with Crippen molar-refractivity contribution in [3.63, 3.8) is 0 Å². The monoisotopic (exact) mass is 454 g/mol. The number of nitrogens with zero attached hydrogens (tertiary/aromatic N) is 4. The third-order valence-electron chi connectivity index (χ3n) is 5.26. The van der Waals surface area contributed by atoms with E-state index in [9.17, 15) is 9.59 Å². The first-order valence-electron chi connectivity index (χ1n) is 10.0. The molecule has 0 N–H and O–H groups in total. The molecule has 1 atom stereocenters. The summed E-state index contributed by atoms with van der Waals surface area (Å²) in [6.07, 6.45) is 3.48. The van der Waals surface area contributed by atoms with Crippen LogP contribution in [-0.4, -0.2) is 31.6 Å². The number of aromatic nitrogens is 4. The lowest BCUT2D eigenvalue weighted by Crippen LogP contribution is -2.28. The van der Waals surface area contributed by atoms with E-state index in [4.69, 9.17) is 21.3 Å². The van der Waals surface area contributed by atoms with Gasteiger partial charge in [-0.15, -0.1) is 0 Å². The van der Waals surface area contributed by atoms with Gasteiger partial charge in [0.2, 0.25) is 0 Å². The number of para-hydroxylation sites is 1. The van der Waals surface area contributed by atoms with Gasteiger partial charge in [0.1, 0.15) is 5.65 Å². The van der Waals surface area contributed by atoms with Gasteiger partial charge in [-0.3, -0.25) is 18.6 Å². The number of thioether (sulfide) groups is 1. The molecule has 1 aliphatic rings. The summed E-state index contributed by atoms with van der Waals surface area (Å²) in [6.45, 7) is 1.18. The van der Waals surface area contributed by atoms with Crippen LogP contribution in [0.1, 0.15) is 18.5 Å². The van der Waals surface area contributed by atoms with Crippen LogP contribution in [0.25, 0.3) is 16.6 Å². The summed E-state index contributed by atoms with van der Waals surface area (Å²) in [5.41, 5.74) is 1.51. The highest BCUT2D eigenvalue weighted by atomic mass is 35.5. The third-order valence-corrected chi connectivity index (χ3v) is 6.50. The molecule has 1 unspecified atom stereocenters. The normalized spacial score (nSPS) is 16.4. The summed E-state index contributed by atoms with van der Waals surface area (Å²) in [5.74, 6) is 0.407. The van der Waals surface area contributed by atoms with E-state index in [2.05, 4.69) is 4.98 Å². The van der Waals surface area contributed by atoms with E-state index in [1.165, 1.54) is 22.2 Å². The Balaban J connectivity index is 1.50. The van der Waals surface area contributed by atoms with Crippen LogP contribution in [0.3, 0.4) is 0 Å². The van der Waals surface area contributed by atoms with Crippen molar-refractivity contribution in [2.45, 2.75) is 36.4 Å². The Morgan fingerprint density at radius 1 is 1.16 bits per heavy atom. The molecule has 1 saturated heterocycles. The van der Waals surface area contributed by atoms with E-state index in [1.54, 1.807) is 29.0 Å². The van der Waals surface area contributed by atoms with Gasteiger partial charge in [-0.1, -0.05) is 35.5 Å². The van der Waals surface area contributed by atoms with Crippen molar-refractivity contribution >= 4 is 39.9 Å². The molecule has 5 rings (SSSR count). The molecule has 0 aliphatic carbocycles. The minimum atomic E-state index is -0.202. The van der Waals surface area contributed by atoms with Crippen LogP contribution < -0.4 is 11.1 Å². The maximum atomic E-state index is 13.2. The molecule has 1 aromatic carbocycles. The maximum Gasteiger partial charge on any atom is 0.262 e. The zero-order chi connectivity index (χ0) is 21.4. The fraction of sp³-hybridized carbons (Fsp3) is 0.273. The third kappa shape index (κ3) is 4.11. The standard InChI is InChI=1S/C22H19ClN4O3S/c23-14-7-8-19-24-15(10-20(28)26(19)11-14)13-31-22-25-18-6-2-1-5-17(18)21(29)27(22)12-16-4-3-9-30-16/h1-2,5-8,10-11,16H,3-4,9,12-13H2. The van der Waals surface area contributed by atoms with Gasteiger partial charge < -0.3 is 4.74 Å². The van der Waals surface area contributed by atoms with Crippen molar-refractivity contribution in [1.29, 1.82) is 0 Å². The Bertz CT molecular complexity index is 1400. The van der Waals surface area contributed by atoms with Crippen molar-refractivity contribution < 1.29 is 4.74 Å². The molecule has 0 amide bonds. The minimum Gasteiger partial charge on any atom is -0.376 e. The molecule has 1 aliphatic heterocycles. The number of ether oxygens (including phenoxy) is 1.